The van der Waals surface area contributed by atoms with Gasteiger partial charge in [-0.15, -0.1) is 0 Å². The quantitative estimate of drug-likeness (QED) is 0.814. The van der Waals surface area contributed by atoms with Crippen molar-refractivity contribution in [2.24, 2.45) is 7.05 Å². The molecule has 0 spiro atoms. The van der Waals surface area contributed by atoms with E-state index in [9.17, 15) is 0 Å². The van der Waals surface area contributed by atoms with Crippen molar-refractivity contribution in [2.45, 2.75) is 6.42 Å². The number of hydrogen-bond donors (Lipinski definition) is 0. The van der Waals surface area contributed by atoms with Gasteiger partial charge in [-0.2, -0.15) is 0 Å². The maximum Gasteiger partial charge on any atom is 0.225 e. The Balaban J connectivity index is 1.48. The molecule has 1 fully saturated rings. The lowest BCUT2D eigenvalue weighted by Gasteiger charge is -2.34. The molecule has 0 radical (unpaired) electrons. The fraction of sp³-hybridized carbons (Fsp3) is 0.500. The van der Waals surface area contributed by atoms with Gasteiger partial charge in [0.15, 0.2) is 0 Å². The van der Waals surface area contributed by atoms with E-state index in [0.29, 0.717) is 0 Å². The molecule has 106 valence electrons. The number of rotatable bonds is 4. The van der Waals surface area contributed by atoms with E-state index in [2.05, 4.69) is 29.3 Å². The van der Waals surface area contributed by atoms with E-state index in [4.69, 9.17) is 0 Å². The number of hydrogen-bond acceptors (Lipinski definition) is 5. The number of anilines is 1. The van der Waals surface area contributed by atoms with Gasteiger partial charge >= 0.3 is 0 Å². The molecule has 3 heterocycles. The van der Waals surface area contributed by atoms with Gasteiger partial charge in [0.25, 0.3) is 0 Å². The van der Waals surface area contributed by atoms with E-state index in [1.165, 1.54) is 0 Å². The molecule has 0 aromatic carbocycles. The summed E-state index contributed by atoms with van der Waals surface area (Å²) in [5, 5.41) is 0. The van der Waals surface area contributed by atoms with Crippen molar-refractivity contribution < 1.29 is 0 Å². The summed E-state index contributed by atoms with van der Waals surface area (Å²) in [6.07, 6.45) is 8.47. The molecule has 20 heavy (non-hydrogen) atoms. The minimum Gasteiger partial charge on any atom is -0.338 e. The van der Waals surface area contributed by atoms with Gasteiger partial charge in [-0.25, -0.2) is 15.0 Å². The normalized spacial score (nSPS) is 16.6. The Labute approximate surface area is 119 Å². The second kappa shape index (κ2) is 6.00. The van der Waals surface area contributed by atoms with Crippen LogP contribution in [0.25, 0.3) is 0 Å². The number of piperazine rings is 1. The van der Waals surface area contributed by atoms with Crippen LogP contribution in [0.1, 0.15) is 5.82 Å². The highest BCUT2D eigenvalue weighted by Gasteiger charge is 2.18. The van der Waals surface area contributed by atoms with Gasteiger partial charge in [-0.05, 0) is 6.07 Å². The second-order valence-electron chi connectivity index (χ2n) is 5.08. The molecule has 1 aliphatic rings. The third kappa shape index (κ3) is 2.96. The fourth-order valence-corrected chi connectivity index (χ4v) is 2.52. The zero-order valence-corrected chi connectivity index (χ0v) is 11.8. The molecule has 0 bridgehead atoms. The Hall–Kier alpha value is -1.95. The lowest BCUT2D eigenvalue weighted by molar-refractivity contribution is 0.257. The Morgan fingerprint density at radius 1 is 1.00 bits per heavy atom. The van der Waals surface area contributed by atoms with Gasteiger partial charge < -0.3 is 9.47 Å². The molecule has 2 aromatic rings. The molecule has 6 nitrogen and oxygen atoms in total. The van der Waals surface area contributed by atoms with Crippen molar-refractivity contribution in [3.8, 4) is 0 Å². The zero-order chi connectivity index (χ0) is 13.8. The first kappa shape index (κ1) is 13.1. The number of aromatic nitrogens is 4. The molecule has 0 aliphatic carbocycles. The van der Waals surface area contributed by atoms with E-state index >= 15 is 0 Å². The predicted molar refractivity (Wildman–Crippen MR) is 77.6 cm³/mol. The second-order valence-corrected chi connectivity index (χ2v) is 5.08. The molecule has 6 heteroatoms. The van der Waals surface area contributed by atoms with Crippen LogP contribution in [0.5, 0.6) is 0 Å². The van der Waals surface area contributed by atoms with Crippen molar-refractivity contribution in [3.63, 3.8) is 0 Å². The molecule has 0 saturated carbocycles. The van der Waals surface area contributed by atoms with E-state index in [1.54, 1.807) is 12.4 Å². The van der Waals surface area contributed by atoms with Gasteiger partial charge in [0.2, 0.25) is 5.95 Å². The van der Waals surface area contributed by atoms with Gasteiger partial charge in [-0.1, -0.05) is 0 Å². The lowest BCUT2D eigenvalue weighted by atomic mass is 10.3. The summed E-state index contributed by atoms with van der Waals surface area (Å²) < 4.78 is 2.09. The van der Waals surface area contributed by atoms with Gasteiger partial charge in [0.05, 0.1) is 0 Å². The monoisotopic (exact) mass is 272 g/mol. The molecule has 0 N–H and O–H groups in total. The maximum absolute atomic E-state index is 4.37. The Bertz CT molecular complexity index is 530. The van der Waals surface area contributed by atoms with Crippen LogP contribution < -0.4 is 4.90 Å². The van der Waals surface area contributed by atoms with Crippen LogP contribution in [0.15, 0.2) is 30.9 Å². The third-order valence-corrected chi connectivity index (χ3v) is 3.78. The van der Waals surface area contributed by atoms with Crippen molar-refractivity contribution >= 4 is 5.95 Å². The first-order valence-corrected chi connectivity index (χ1v) is 7.03. The minimum absolute atomic E-state index is 0.844. The molecule has 3 rings (SSSR count). The van der Waals surface area contributed by atoms with Crippen LogP contribution in [0.3, 0.4) is 0 Å². The molecular weight excluding hydrogens is 252 g/mol. The largest absolute Gasteiger partial charge is 0.338 e. The molecule has 1 aliphatic heterocycles. The topological polar surface area (TPSA) is 50.1 Å². The Morgan fingerprint density at radius 2 is 1.75 bits per heavy atom. The highest BCUT2D eigenvalue weighted by Crippen LogP contribution is 2.10. The van der Waals surface area contributed by atoms with Crippen LogP contribution in [-0.4, -0.2) is 57.1 Å². The third-order valence-electron chi connectivity index (χ3n) is 3.78. The standard InChI is InChI=1S/C14H20N6/c1-18-8-6-15-13(18)3-7-19-9-11-20(12-10-19)14-16-4-2-5-17-14/h2,4-6,8H,3,7,9-12H2,1H3. The summed E-state index contributed by atoms with van der Waals surface area (Å²) in [5.74, 6) is 2.00. The van der Waals surface area contributed by atoms with Crippen LogP contribution in [0.2, 0.25) is 0 Å². The molecule has 0 unspecified atom stereocenters. The fourth-order valence-electron chi connectivity index (χ4n) is 2.52. The van der Waals surface area contributed by atoms with Crippen LogP contribution in [0, 0.1) is 0 Å². The number of aryl methyl sites for hydroxylation is 1. The SMILES string of the molecule is Cn1ccnc1CCN1CCN(c2ncccn2)CC1. The minimum atomic E-state index is 0.844. The van der Waals surface area contributed by atoms with Crippen LogP contribution in [0.4, 0.5) is 5.95 Å². The van der Waals surface area contributed by atoms with E-state index in [1.807, 2.05) is 25.5 Å². The highest BCUT2D eigenvalue weighted by molar-refractivity contribution is 5.29. The summed E-state index contributed by atoms with van der Waals surface area (Å²) in [6.45, 7) is 5.16. The zero-order valence-electron chi connectivity index (χ0n) is 11.8. The van der Waals surface area contributed by atoms with Gasteiger partial charge in [-0.3, -0.25) is 4.90 Å². The number of nitrogens with zero attached hydrogens (tertiary/aromatic N) is 6. The average Bonchev–Trinajstić information content (AvgIpc) is 2.92. The predicted octanol–water partition coefficient (Wildman–Crippen LogP) is 0.575. The van der Waals surface area contributed by atoms with E-state index in [0.717, 1.165) is 50.9 Å². The summed E-state index contributed by atoms with van der Waals surface area (Å²) in [4.78, 5) is 17.7. The summed E-state index contributed by atoms with van der Waals surface area (Å²) in [7, 11) is 2.05. The van der Waals surface area contributed by atoms with Crippen LogP contribution in [-0.2, 0) is 13.5 Å². The van der Waals surface area contributed by atoms with Gasteiger partial charge in [0.1, 0.15) is 5.82 Å². The molecule has 1 saturated heterocycles. The van der Waals surface area contributed by atoms with Crippen molar-refractivity contribution in [1.82, 2.24) is 24.4 Å². The van der Waals surface area contributed by atoms with Crippen molar-refractivity contribution in [2.75, 3.05) is 37.6 Å². The summed E-state index contributed by atoms with van der Waals surface area (Å²) in [5.41, 5.74) is 0. The first-order chi connectivity index (χ1) is 9.83. The molecular formula is C14H20N6. The Morgan fingerprint density at radius 3 is 2.40 bits per heavy atom. The first-order valence-electron chi connectivity index (χ1n) is 7.03. The van der Waals surface area contributed by atoms with Crippen molar-refractivity contribution in [3.05, 3.63) is 36.7 Å². The summed E-state index contributed by atoms with van der Waals surface area (Å²) >= 11 is 0. The smallest absolute Gasteiger partial charge is 0.225 e. The van der Waals surface area contributed by atoms with Crippen LogP contribution >= 0.6 is 0 Å². The lowest BCUT2D eigenvalue weighted by Crippen LogP contribution is -2.47. The van der Waals surface area contributed by atoms with Gasteiger partial charge in [0, 0.05) is 71.0 Å². The van der Waals surface area contributed by atoms with E-state index < -0.39 is 0 Å². The number of imidazole rings is 1. The van der Waals surface area contributed by atoms with E-state index in [-0.39, 0.29) is 0 Å². The Kier molecular flexibility index (Phi) is 3.92. The molecule has 0 amide bonds. The van der Waals surface area contributed by atoms with Crippen molar-refractivity contribution in [1.29, 1.82) is 0 Å². The molecule has 0 atom stereocenters. The highest BCUT2D eigenvalue weighted by atomic mass is 15.3. The average molecular weight is 272 g/mol. The molecule has 2 aromatic heterocycles. The summed E-state index contributed by atoms with van der Waals surface area (Å²) in [6, 6.07) is 1.85. The maximum atomic E-state index is 4.37.